The molecule has 1 saturated carbocycles. The van der Waals surface area contributed by atoms with Crippen LogP contribution in [0.25, 0.3) is 0 Å². The van der Waals surface area contributed by atoms with Crippen molar-refractivity contribution < 1.29 is 9.66 Å². The Morgan fingerprint density at radius 1 is 1.62 bits per heavy atom. The molecule has 2 rings (SSSR count). The van der Waals surface area contributed by atoms with E-state index in [0.29, 0.717) is 10.0 Å². The van der Waals surface area contributed by atoms with Crippen molar-refractivity contribution in [2.24, 2.45) is 0 Å². The first-order valence-electron chi connectivity index (χ1n) is 4.91. The standard InChI is InChI=1S/C10H11BrN2O3/c1-6-7(11)5-12-9(8(6)13(14)15)16-10(2)3-4-10/h5H,3-4H2,1-2H3. The van der Waals surface area contributed by atoms with Crippen LogP contribution >= 0.6 is 15.9 Å². The summed E-state index contributed by atoms with van der Waals surface area (Å²) in [6, 6.07) is 0. The van der Waals surface area contributed by atoms with Crippen molar-refractivity contribution in [3.8, 4) is 5.88 Å². The molecule has 0 aromatic carbocycles. The van der Waals surface area contributed by atoms with Gasteiger partial charge in [-0.3, -0.25) is 10.1 Å². The molecule has 5 nitrogen and oxygen atoms in total. The molecule has 1 aliphatic rings. The second-order valence-corrected chi connectivity index (χ2v) is 5.05. The van der Waals surface area contributed by atoms with Gasteiger partial charge in [-0.15, -0.1) is 0 Å². The van der Waals surface area contributed by atoms with Crippen LogP contribution in [0.5, 0.6) is 5.88 Å². The maximum Gasteiger partial charge on any atom is 0.334 e. The van der Waals surface area contributed by atoms with Gasteiger partial charge >= 0.3 is 5.69 Å². The van der Waals surface area contributed by atoms with E-state index in [1.807, 2.05) is 6.92 Å². The van der Waals surface area contributed by atoms with Gasteiger partial charge < -0.3 is 4.74 Å². The van der Waals surface area contributed by atoms with Gasteiger partial charge in [0.1, 0.15) is 5.60 Å². The molecule has 0 unspecified atom stereocenters. The zero-order valence-corrected chi connectivity index (χ0v) is 10.6. The summed E-state index contributed by atoms with van der Waals surface area (Å²) in [5.74, 6) is 0.116. The highest BCUT2D eigenvalue weighted by atomic mass is 79.9. The van der Waals surface area contributed by atoms with Gasteiger partial charge in [0.15, 0.2) is 0 Å². The van der Waals surface area contributed by atoms with Crippen LogP contribution < -0.4 is 4.74 Å². The lowest BCUT2D eigenvalue weighted by Gasteiger charge is -2.12. The molecule has 0 amide bonds. The number of nitro groups is 1. The number of nitrogens with zero attached hydrogens (tertiary/aromatic N) is 2. The van der Waals surface area contributed by atoms with E-state index in [-0.39, 0.29) is 17.2 Å². The van der Waals surface area contributed by atoms with Crippen molar-refractivity contribution in [1.82, 2.24) is 4.98 Å². The third-order valence-corrected chi connectivity index (χ3v) is 3.49. The van der Waals surface area contributed by atoms with Crippen molar-refractivity contribution in [1.29, 1.82) is 0 Å². The fourth-order valence-corrected chi connectivity index (χ4v) is 1.64. The van der Waals surface area contributed by atoms with Gasteiger partial charge in [-0.05, 0) is 42.6 Å². The second-order valence-electron chi connectivity index (χ2n) is 4.19. The van der Waals surface area contributed by atoms with E-state index in [9.17, 15) is 10.1 Å². The number of halogens is 1. The first-order valence-corrected chi connectivity index (χ1v) is 5.71. The largest absolute Gasteiger partial charge is 0.466 e. The lowest BCUT2D eigenvalue weighted by molar-refractivity contribution is -0.387. The normalized spacial score (nSPS) is 16.9. The molecular formula is C10H11BrN2O3. The Bertz CT molecular complexity index is 458. The van der Waals surface area contributed by atoms with Crippen LogP contribution in [-0.2, 0) is 0 Å². The van der Waals surface area contributed by atoms with Gasteiger partial charge in [-0.1, -0.05) is 0 Å². The smallest absolute Gasteiger partial charge is 0.334 e. The summed E-state index contributed by atoms with van der Waals surface area (Å²) in [6.45, 7) is 3.60. The molecule has 86 valence electrons. The van der Waals surface area contributed by atoms with Crippen LogP contribution in [-0.4, -0.2) is 15.5 Å². The summed E-state index contributed by atoms with van der Waals surface area (Å²) in [6.07, 6.45) is 3.37. The van der Waals surface area contributed by atoms with Crippen molar-refractivity contribution in [2.45, 2.75) is 32.3 Å². The van der Waals surface area contributed by atoms with Gasteiger partial charge in [-0.2, -0.15) is 0 Å². The van der Waals surface area contributed by atoms with Crippen LogP contribution in [0, 0.1) is 17.0 Å². The summed E-state index contributed by atoms with van der Waals surface area (Å²) in [5.41, 5.74) is 0.222. The van der Waals surface area contributed by atoms with E-state index in [1.54, 1.807) is 6.92 Å². The number of aromatic nitrogens is 1. The third kappa shape index (κ3) is 2.02. The summed E-state index contributed by atoms with van der Waals surface area (Å²) in [4.78, 5) is 14.5. The summed E-state index contributed by atoms with van der Waals surface area (Å²) in [7, 11) is 0. The molecule has 0 N–H and O–H groups in total. The lowest BCUT2D eigenvalue weighted by Crippen LogP contribution is -2.14. The number of ether oxygens (including phenoxy) is 1. The minimum absolute atomic E-state index is 0.0532. The topological polar surface area (TPSA) is 65.3 Å². The molecule has 0 aliphatic heterocycles. The molecule has 0 radical (unpaired) electrons. The Morgan fingerprint density at radius 3 is 2.75 bits per heavy atom. The second kappa shape index (κ2) is 3.69. The van der Waals surface area contributed by atoms with Gasteiger partial charge in [-0.25, -0.2) is 4.98 Å². The zero-order valence-electron chi connectivity index (χ0n) is 8.99. The average Bonchev–Trinajstić information content (AvgIpc) is 2.90. The fraction of sp³-hybridized carbons (Fsp3) is 0.500. The summed E-state index contributed by atoms with van der Waals surface area (Å²) >= 11 is 3.22. The SMILES string of the molecule is Cc1c(Br)cnc(OC2(C)CC2)c1[N+](=O)[O-]. The Labute approximate surface area is 101 Å². The van der Waals surface area contributed by atoms with Crippen molar-refractivity contribution in [2.75, 3.05) is 0 Å². The van der Waals surface area contributed by atoms with E-state index in [2.05, 4.69) is 20.9 Å². The molecule has 0 spiro atoms. The van der Waals surface area contributed by atoms with Crippen molar-refractivity contribution in [3.63, 3.8) is 0 Å². The highest BCUT2D eigenvalue weighted by molar-refractivity contribution is 9.10. The highest BCUT2D eigenvalue weighted by Gasteiger charge is 2.42. The number of pyridine rings is 1. The third-order valence-electron chi connectivity index (χ3n) is 2.69. The summed E-state index contributed by atoms with van der Waals surface area (Å²) < 4.78 is 6.19. The van der Waals surface area contributed by atoms with Gasteiger partial charge in [0.25, 0.3) is 5.88 Å². The van der Waals surface area contributed by atoms with Crippen LogP contribution in [0.4, 0.5) is 5.69 Å². The van der Waals surface area contributed by atoms with E-state index in [4.69, 9.17) is 4.74 Å². The lowest BCUT2D eigenvalue weighted by atomic mass is 10.2. The van der Waals surface area contributed by atoms with Crippen LogP contribution in [0.15, 0.2) is 10.7 Å². The first-order chi connectivity index (χ1) is 7.43. The Hall–Kier alpha value is -1.17. The van der Waals surface area contributed by atoms with E-state index < -0.39 is 4.92 Å². The quantitative estimate of drug-likeness (QED) is 0.633. The molecule has 1 aliphatic carbocycles. The highest BCUT2D eigenvalue weighted by Crippen LogP contribution is 2.42. The van der Waals surface area contributed by atoms with E-state index in [1.165, 1.54) is 6.20 Å². The monoisotopic (exact) mass is 286 g/mol. The zero-order chi connectivity index (χ0) is 11.9. The average molecular weight is 287 g/mol. The van der Waals surface area contributed by atoms with Gasteiger partial charge in [0.05, 0.1) is 4.92 Å². The summed E-state index contributed by atoms with van der Waals surface area (Å²) in [5, 5.41) is 11.0. The van der Waals surface area contributed by atoms with Crippen LogP contribution in [0.3, 0.4) is 0 Å². The van der Waals surface area contributed by atoms with E-state index >= 15 is 0 Å². The number of hydrogen-bond donors (Lipinski definition) is 0. The molecule has 1 heterocycles. The molecule has 0 saturated heterocycles. The Kier molecular flexibility index (Phi) is 2.61. The Morgan fingerprint density at radius 2 is 2.25 bits per heavy atom. The van der Waals surface area contributed by atoms with Crippen LogP contribution in [0.1, 0.15) is 25.3 Å². The molecular weight excluding hydrogens is 276 g/mol. The number of hydrogen-bond acceptors (Lipinski definition) is 4. The van der Waals surface area contributed by atoms with Gasteiger partial charge in [0, 0.05) is 16.2 Å². The van der Waals surface area contributed by atoms with Gasteiger partial charge in [0.2, 0.25) is 0 Å². The molecule has 1 aromatic rings. The fourth-order valence-electron chi connectivity index (χ4n) is 1.35. The predicted octanol–water partition coefficient (Wildman–Crippen LogP) is 2.99. The minimum atomic E-state index is -0.450. The van der Waals surface area contributed by atoms with Crippen molar-refractivity contribution in [3.05, 3.63) is 26.3 Å². The molecule has 1 fully saturated rings. The minimum Gasteiger partial charge on any atom is -0.466 e. The molecule has 1 aromatic heterocycles. The number of rotatable bonds is 3. The maximum absolute atomic E-state index is 11.0. The molecule has 16 heavy (non-hydrogen) atoms. The first kappa shape index (κ1) is 11.3. The van der Waals surface area contributed by atoms with Crippen LogP contribution in [0.2, 0.25) is 0 Å². The Balaban J connectivity index is 2.43. The van der Waals surface area contributed by atoms with E-state index in [0.717, 1.165) is 12.8 Å². The van der Waals surface area contributed by atoms with Crippen molar-refractivity contribution >= 4 is 21.6 Å². The molecule has 0 bridgehead atoms. The maximum atomic E-state index is 11.0. The molecule has 6 heteroatoms. The molecule has 0 atom stereocenters. The predicted molar refractivity (Wildman–Crippen MR) is 61.6 cm³/mol.